The fourth-order valence-electron chi connectivity index (χ4n) is 7.11. The van der Waals surface area contributed by atoms with Gasteiger partial charge in [-0.25, -0.2) is 4.99 Å². The van der Waals surface area contributed by atoms with Gasteiger partial charge >= 0.3 is 0 Å². The lowest BCUT2D eigenvalue weighted by Crippen LogP contribution is -2.16. The van der Waals surface area contributed by atoms with Gasteiger partial charge in [-0.3, -0.25) is 4.57 Å². The standard InChI is InChI=1S/C43H33N3/c1-43(2)37-22-11-9-20-33(37)35-24-25-36-34-21-10-12-23-40(34)46(42(36)41(35)43)28-45-39(30-16-7-4-8-17-30)27-38(44)32-19-13-18-31(26-32)29-14-5-3-6-15-29/h3-28,44H,1-2H3/b39-27-,44-38?,45-28?. The van der Waals surface area contributed by atoms with Crippen LogP contribution in [0.15, 0.2) is 157 Å². The molecule has 0 spiro atoms. The van der Waals surface area contributed by atoms with Crippen LogP contribution in [-0.4, -0.2) is 16.6 Å². The molecule has 0 aliphatic heterocycles. The maximum absolute atomic E-state index is 9.15. The number of fused-ring (bicyclic) bond motifs is 7. The monoisotopic (exact) mass is 591 g/mol. The van der Waals surface area contributed by atoms with Crippen LogP contribution in [0.5, 0.6) is 0 Å². The molecule has 3 nitrogen and oxygen atoms in total. The number of rotatable bonds is 6. The van der Waals surface area contributed by atoms with Crippen molar-refractivity contribution < 1.29 is 0 Å². The van der Waals surface area contributed by atoms with Crippen molar-refractivity contribution in [2.24, 2.45) is 4.99 Å². The van der Waals surface area contributed by atoms with Crippen molar-refractivity contribution in [3.8, 4) is 22.3 Å². The lowest BCUT2D eigenvalue weighted by Gasteiger charge is -2.23. The molecule has 6 aromatic carbocycles. The van der Waals surface area contributed by atoms with E-state index >= 15 is 0 Å². The van der Waals surface area contributed by atoms with Crippen LogP contribution in [0.4, 0.5) is 0 Å². The summed E-state index contributed by atoms with van der Waals surface area (Å²) >= 11 is 0. The van der Waals surface area contributed by atoms with Gasteiger partial charge in [-0.1, -0.05) is 147 Å². The molecular weight excluding hydrogens is 558 g/mol. The Labute approximate surface area is 269 Å². The minimum Gasteiger partial charge on any atom is -0.300 e. The molecule has 3 heteroatoms. The average molecular weight is 592 g/mol. The molecule has 1 aromatic heterocycles. The molecule has 0 fully saturated rings. The molecule has 1 heterocycles. The number of nitrogens with one attached hydrogen (secondary N) is 1. The van der Waals surface area contributed by atoms with Gasteiger partial charge < -0.3 is 5.41 Å². The highest BCUT2D eigenvalue weighted by atomic mass is 15.0. The average Bonchev–Trinajstić information content (AvgIpc) is 3.55. The summed E-state index contributed by atoms with van der Waals surface area (Å²) in [5.74, 6) is 0. The Morgan fingerprint density at radius 3 is 2.13 bits per heavy atom. The predicted octanol–water partition coefficient (Wildman–Crippen LogP) is 10.8. The number of hydrogen-bond donors (Lipinski definition) is 1. The summed E-state index contributed by atoms with van der Waals surface area (Å²) in [7, 11) is 0. The van der Waals surface area contributed by atoms with Crippen LogP contribution in [0.3, 0.4) is 0 Å². The lowest BCUT2D eigenvalue weighted by molar-refractivity contribution is 0.664. The van der Waals surface area contributed by atoms with Gasteiger partial charge in [0.25, 0.3) is 0 Å². The summed E-state index contributed by atoms with van der Waals surface area (Å²) in [6.07, 6.45) is 3.84. The van der Waals surface area contributed by atoms with Gasteiger partial charge in [0.15, 0.2) is 0 Å². The number of aliphatic imine (C=N–C) groups is 1. The molecule has 0 saturated carbocycles. The molecule has 220 valence electrons. The first-order chi connectivity index (χ1) is 22.5. The normalized spacial score (nSPS) is 13.7. The van der Waals surface area contributed by atoms with Crippen LogP contribution < -0.4 is 0 Å². The largest absolute Gasteiger partial charge is 0.300 e. The van der Waals surface area contributed by atoms with Crippen molar-refractivity contribution >= 4 is 39.6 Å². The minimum atomic E-state index is -0.171. The van der Waals surface area contributed by atoms with Gasteiger partial charge in [0.05, 0.1) is 22.4 Å². The second kappa shape index (κ2) is 11.0. The first kappa shape index (κ1) is 27.7. The maximum atomic E-state index is 9.15. The lowest BCUT2D eigenvalue weighted by atomic mass is 9.81. The van der Waals surface area contributed by atoms with E-state index in [1.54, 1.807) is 0 Å². The molecule has 0 radical (unpaired) electrons. The number of para-hydroxylation sites is 1. The van der Waals surface area contributed by atoms with E-state index in [2.05, 4.69) is 115 Å². The van der Waals surface area contributed by atoms with E-state index in [9.17, 15) is 0 Å². The summed E-state index contributed by atoms with van der Waals surface area (Å²) in [4.78, 5) is 5.16. The van der Waals surface area contributed by atoms with E-state index in [0.29, 0.717) is 5.71 Å². The second-order valence-electron chi connectivity index (χ2n) is 12.4. The van der Waals surface area contributed by atoms with E-state index < -0.39 is 0 Å². The highest BCUT2D eigenvalue weighted by molar-refractivity contribution is 6.15. The molecular formula is C43H33N3. The van der Waals surface area contributed by atoms with Crippen molar-refractivity contribution in [3.05, 3.63) is 174 Å². The van der Waals surface area contributed by atoms with Crippen molar-refractivity contribution in [1.82, 2.24) is 4.57 Å². The van der Waals surface area contributed by atoms with E-state index in [1.807, 2.05) is 60.9 Å². The maximum Gasteiger partial charge on any atom is 0.100 e. The minimum absolute atomic E-state index is 0.171. The van der Waals surface area contributed by atoms with E-state index in [0.717, 1.165) is 33.5 Å². The van der Waals surface area contributed by atoms with Crippen LogP contribution >= 0.6 is 0 Å². The molecule has 0 amide bonds. The summed E-state index contributed by atoms with van der Waals surface area (Å²) in [5.41, 5.74) is 12.5. The Hall–Kier alpha value is -5.80. The second-order valence-corrected chi connectivity index (χ2v) is 12.4. The number of nitrogens with zero attached hydrogens (tertiary/aromatic N) is 2. The van der Waals surface area contributed by atoms with Crippen LogP contribution in [-0.2, 0) is 5.41 Å². The molecule has 1 aliphatic rings. The molecule has 0 saturated heterocycles. The third-order valence-electron chi connectivity index (χ3n) is 9.33. The van der Waals surface area contributed by atoms with E-state index in [-0.39, 0.29) is 5.41 Å². The Morgan fingerprint density at radius 2 is 1.30 bits per heavy atom. The first-order valence-corrected chi connectivity index (χ1v) is 15.7. The van der Waals surface area contributed by atoms with Gasteiger partial charge in [0.2, 0.25) is 0 Å². The Kier molecular flexibility index (Phi) is 6.61. The van der Waals surface area contributed by atoms with Crippen LogP contribution in [0, 0.1) is 5.41 Å². The van der Waals surface area contributed by atoms with Gasteiger partial charge in [0.1, 0.15) is 6.34 Å². The number of benzene rings is 6. The van der Waals surface area contributed by atoms with E-state index in [4.69, 9.17) is 10.4 Å². The zero-order valence-corrected chi connectivity index (χ0v) is 25.9. The predicted molar refractivity (Wildman–Crippen MR) is 194 cm³/mol. The topological polar surface area (TPSA) is 41.1 Å². The Morgan fingerprint density at radius 1 is 0.630 bits per heavy atom. The summed E-state index contributed by atoms with van der Waals surface area (Å²) in [5, 5.41) is 11.6. The molecule has 7 aromatic rings. The number of allylic oxidation sites excluding steroid dienone is 1. The SMILES string of the molecule is CC1(C)c2ccccc2-c2ccc3c4ccccc4n(C=N/C(=C\C(=N)c4cccc(-c5ccccc5)c4)c4ccccc4)c3c21. The fraction of sp³-hybridized carbons (Fsp3) is 0.0698. The number of aromatic nitrogens is 1. The smallest absolute Gasteiger partial charge is 0.100 e. The molecule has 1 aliphatic carbocycles. The highest BCUT2D eigenvalue weighted by Crippen LogP contribution is 2.52. The molecule has 0 bridgehead atoms. The van der Waals surface area contributed by atoms with Crippen molar-refractivity contribution in [2.45, 2.75) is 19.3 Å². The molecule has 0 atom stereocenters. The third-order valence-corrected chi connectivity index (χ3v) is 9.33. The molecule has 1 N–H and O–H groups in total. The van der Waals surface area contributed by atoms with Gasteiger partial charge in [0, 0.05) is 27.3 Å². The van der Waals surface area contributed by atoms with E-state index in [1.165, 1.54) is 38.5 Å². The zero-order chi connectivity index (χ0) is 31.3. The highest BCUT2D eigenvalue weighted by Gasteiger charge is 2.38. The zero-order valence-electron chi connectivity index (χ0n) is 25.9. The first-order valence-electron chi connectivity index (χ1n) is 15.7. The fourth-order valence-corrected chi connectivity index (χ4v) is 7.11. The van der Waals surface area contributed by atoms with Crippen LogP contribution in [0.1, 0.15) is 36.1 Å². The van der Waals surface area contributed by atoms with Gasteiger partial charge in [-0.2, -0.15) is 0 Å². The molecule has 46 heavy (non-hydrogen) atoms. The van der Waals surface area contributed by atoms with Crippen molar-refractivity contribution in [3.63, 3.8) is 0 Å². The van der Waals surface area contributed by atoms with Crippen LogP contribution in [0.2, 0.25) is 0 Å². The van der Waals surface area contributed by atoms with Crippen molar-refractivity contribution in [2.75, 3.05) is 0 Å². The Balaban J connectivity index is 1.29. The van der Waals surface area contributed by atoms with Gasteiger partial charge in [-0.15, -0.1) is 0 Å². The van der Waals surface area contributed by atoms with Crippen molar-refractivity contribution in [1.29, 1.82) is 5.41 Å². The van der Waals surface area contributed by atoms with Crippen LogP contribution in [0.25, 0.3) is 49.8 Å². The summed E-state index contributed by atoms with van der Waals surface area (Å²) in [6.45, 7) is 4.66. The molecule has 0 unspecified atom stereocenters. The van der Waals surface area contributed by atoms with Gasteiger partial charge in [-0.05, 0) is 51.6 Å². The molecule has 8 rings (SSSR count). The number of hydrogen-bond acceptors (Lipinski definition) is 2. The quantitative estimate of drug-likeness (QED) is 0.148. The summed E-state index contributed by atoms with van der Waals surface area (Å²) < 4.78 is 2.26. The third kappa shape index (κ3) is 4.52. The summed E-state index contributed by atoms with van der Waals surface area (Å²) in [6, 6.07) is 50.5. The Bertz CT molecular complexity index is 2340.